The molecule has 10 heteroatoms. The van der Waals surface area contributed by atoms with Crippen LogP contribution in [0.2, 0.25) is 0 Å². The Labute approximate surface area is 189 Å². The van der Waals surface area contributed by atoms with E-state index in [1.807, 2.05) is 13.0 Å². The van der Waals surface area contributed by atoms with E-state index in [2.05, 4.69) is 5.32 Å². The zero-order chi connectivity index (χ0) is 23.7. The summed E-state index contributed by atoms with van der Waals surface area (Å²) in [4.78, 5) is 37.0. The highest BCUT2D eigenvalue weighted by molar-refractivity contribution is 7.16. The van der Waals surface area contributed by atoms with Crippen molar-refractivity contribution in [2.24, 2.45) is 0 Å². The molecule has 2 rings (SSSR count). The van der Waals surface area contributed by atoms with E-state index in [1.165, 1.54) is 31.6 Å². The van der Waals surface area contributed by atoms with Gasteiger partial charge in [0.15, 0.2) is 24.7 Å². The lowest BCUT2D eigenvalue weighted by Gasteiger charge is -2.08. The summed E-state index contributed by atoms with van der Waals surface area (Å²) >= 11 is 1.24. The van der Waals surface area contributed by atoms with Crippen molar-refractivity contribution in [2.75, 3.05) is 32.8 Å². The number of hydrogen-bond donors (Lipinski definition) is 1. The summed E-state index contributed by atoms with van der Waals surface area (Å²) in [6.45, 7) is 2.94. The fraction of sp³-hybridized carbons (Fsp3) is 0.273. The van der Waals surface area contributed by atoms with Gasteiger partial charge >= 0.3 is 11.9 Å². The van der Waals surface area contributed by atoms with E-state index in [1.54, 1.807) is 25.1 Å². The third-order valence-corrected chi connectivity index (χ3v) is 5.39. The smallest absolute Gasteiger partial charge is 0.341 e. The molecule has 0 bridgehead atoms. The number of nitrogens with one attached hydrogen (secondary N) is 1. The number of benzene rings is 1. The van der Waals surface area contributed by atoms with Crippen LogP contribution in [0.3, 0.4) is 0 Å². The fourth-order valence-corrected chi connectivity index (χ4v) is 3.66. The second kappa shape index (κ2) is 11.5. The van der Waals surface area contributed by atoms with Gasteiger partial charge in [0, 0.05) is 11.0 Å². The summed E-state index contributed by atoms with van der Waals surface area (Å²) in [5.74, 6) is -1.06. The molecule has 1 N–H and O–H groups in total. The SMILES string of the molecule is COC(=O)c1c(NC(=O)COC(=O)/C=C/c2ccc(OCC#N)c(OC)c2)sc(C)c1C. The first-order chi connectivity index (χ1) is 15.3. The number of nitriles is 1. The molecule has 0 aliphatic carbocycles. The Morgan fingerprint density at radius 2 is 1.94 bits per heavy atom. The molecule has 0 saturated carbocycles. The third-order valence-electron chi connectivity index (χ3n) is 4.27. The molecule has 0 saturated heterocycles. The van der Waals surface area contributed by atoms with Crippen LogP contribution < -0.4 is 14.8 Å². The summed E-state index contributed by atoms with van der Waals surface area (Å²) in [5.41, 5.74) is 1.63. The molecule has 1 heterocycles. The van der Waals surface area contributed by atoms with Gasteiger partial charge in [0.25, 0.3) is 5.91 Å². The highest BCUT2D eigenvalue weighted by Crippen LogP contribution is 2.33. The quantitative estimate of drug-likeness (QED) is 0.449. The first-order valence-electron chi connectivity index (χ1n) is 9.31. The highest BCUT2D eigenvalue weighted by Gasteiger charge is 2.21. The largest absolute Gasteiger partial charge is 0.493 e. The number of hydrogen-bond acceptors (Lipinski definition) is 9. The Hall–Kier alpha value is -3.84. The average Bonchev–Trinajstić information content (AvgIpc) is 3.07. The Bertz CT molecular complexity index is 1080. The highest BCUT2D eigenvalue weighted by atomic mass is 32.1. The van der Waals surface area contributed by atoms with Gasteiger partial charge in [-0.15, -0.1) is 11.3 Å². The molecular weight excluding hydrogens is 436 g/mol. The van der Waals surface area contributed by atoms with Crippen molar-refractivity contribution in [1.29, 1.82) is 5.26 Å². The number of nitrogens with zero attached hydrogens (tertiary/aromatic N) is 1. The van der Waals surface area contributed by atoms with Gasteiger partial charge in [-0.3, -0.25) is 4.79 Å². The van der Waals surface area contributed by atoms with E-state index in [0.29, 0.717) is 22.1 Å². The Balaban J connectivity index is 1.95. The van der Waals surface area contributed by atoms with Crippen LogP contribution >= 0.6 is 11.3 Å². The van der Waals surface area contributed by atoms with E-state index in [0.717, 1.165) is 16.5 Å². The van der Waals surface area contributed by atoms with Crippen molar-refractivity contribution in [2.45, 2.75) is 13.8 Å². The minimum absolute atomic E-state index is 0.119. The minimum atomic E-state index is -0.726. The lowest BCUT2D eigenvalue weighted by atomic mass is 10.1. The van der Waals surface area contributed by atoms with Crippen molar-refractivity contribution in [1.82, 2.24) is 0 Å². The van der Waals surface area contributed by atoms with Crippen molar-refractivity contribution in [3.05, 3.63) is 45.8 Å². The molecule has 32 heavy (non-hydrogen) atoms. The molecule has 168 valence electrons. The normalized spacial score (nSPS) is 10.3. The molecule has 0 radical (unpaired) electrons. The molecule has 0 spiro atoms. The third kappa shape index (κ3) is 6.33. The van der Waals surface area contributed by atoms with Crippen LogP contribution in [0.5, 0.6) is 11.5 Å². The van der Waals surface area contributed by atoms with Gasteiger partial charge in [0.1, 0.15) is 11.1 Å². The van der Waals surface area contributed by atoms with Gasteiger partial charge in [-0.2, -0.15) is 5.26 Å². The maximum atomic E-state index is 12.2. The molecular formula is C22H22N2O7S. The van der Waals surface area contributed by atoms with Crippen molar-refractivity contribution >= 4 is 40.3 Å². The van der Waals surface area contributed by atoms with Crippen LogP contribution in [0.15, 0.2) is 24.3 Å². The molecule has 1 aromatic heterocycles. The molecule has 0 aliphatic heterocycles. The van der Waals surface area contributed by atoms with Crippen molar-refractivity contribution < 1.29 is 33.3 Å². The van der Waals surface area contributed by atoms with E-state index in [9.17, 15) is 14.4 Å². The van der Waals surface area contributed by atoms with E-state index in [-0.39, 0.29) is 12.2 Å². The lowest BCUT2D eigenvalue weighted by Crippen LogP contribution is -2.21. The summed E-state index contributed by atoms with van der Waals surface area (Å²) in [6.07, 6.45) is 2.65. The Morgan fingerprint density at radius 1 is 1.19 bits per heavy atom. The first-order valence-corrected chi connectivity index (χ1v) is 10.1. The Kier molecular flexibility index (Phi) is 8.80. The molecule has 0 unspecified atom stereocenters. The van der Waals surface area contributed by atoms with Crippen LogP contribution in [0, 0.1) is 25.2 Å². The molecule has 9 nitrogen and oxygen atoms in total. The first kappa shape index (κ1) is 24.4. The molecule has 1 aromatic carbocycles. The standard InChI is InChI=1S/C22H22N2O7S/c1-13-14(2)32-21(20(13)22(27)29-4)24-18(25)12-31-19(26)8-6-15-5-7-16(30-10-9-23)17(11-15)28-3/h5-8,11H,10,12H2,1-4H3,(H,24,25)/b8-6+. The monoisotopic (exact) mass is 458 g/mol. The van der Waals surface area contributed by atoms with Crippen molar-refractivity contribution in [3.63, 3.8) is 0 Å². The zero-order valence-corrected chi connectivity index (χ0v) is 18.8. The van der Waals surface area contributed by atoms with Crippen LogP contribution in [0.1, 0.15) is 26.4 Å². The van der Waals surface area contributed by atoms with E-state index < -0.39 is 24.5 Å². The number of carbonyl (C=O) groups is 3. The molecule has 1 amide bonds. The number of rotatable bonds is 9. The van der Waals surface area contributed by atoms with Gasteiger partial charge in [-0.1, -0.05) is 6.07 Å². The maximum Gasteiger partial charge on any atom is 0.341 e. The lowest BCUT2D eigenvalue weighted by molar-refractivity contribution is -0.142. The second-order valence-corrected chi connectivity index (χ2v) is 7.55. The fourth-order valence-electron chi connectivity index (χ4n) is 2.59. The molecule has 0 atom stereocenters. The number of methoxy groups -OCH3 is 2. The van der Waals surface area contributed by atoms with Crippen LogP contribution in [-0.2, 0) is 19.1 Å². The summed E-state index contributed by atoms with van der Waals surface area (Å²) in [5, 5.41) is 11.5. The molecule has 0 aliphatic rings. The second-order valence-electron chi connectivity index (χ2n) is 6.33. The number of amides is 1. The van der Waals surface area contributed by atoms with Gasteiger partial charge < -0.3 is 24.3 Å². The molecule has 2 aromatic rings. The van der Waals surface area contributed by atoms with Gasteiger partial charge in [0.05, 0.1) is 19.8 Å². The number of carbonyl (C=O) groups excluding carboxylic acids is 3. The molecule has 0 fully saturated rings. The number of ether oxygens (including phenoxy) is 4. The summed E-state index contributed by atoms with van der Waals surface area (Å²) < 4.78 is 20.1. The number of anilines is 1. The van der Waals surface area contributed by atoms with E-state index in [4.69, 9.17) is 24.2 Å². The van der Waals surface area contributed by atoms with Crippen molar-refractivity contribution in [3.8, 4) is 17.6 Å². The zero-order valence-electron chi connectivity index (χ0n) is 18.0. The number of esters is 2. The van der Waals surface area contributed by atoms with E-state index >= 15 is 0 Å². The topological polar surface area (TPSA) is 124 Å². The van der Waals surface area contributed by atoms with Crippen LogP contribution in [-0.4, -0.2) is 45.3 Å². The maximum absolute atomic E-state index is 12.2. The average molecular weight is 458 g/mol. The van der Waals surface area contributed by atoms with Crippen LogP contribution in [0.4, 0.5) is 5.00 Å². The predicted molar refractivity (Wildman–Crippen MR) is 118 cm³/mol. The van der Waals surface area contributed by atoms with Gasteiger partial charge in [-0.05, 0) is 43.2 Å². The number of aryl methyl sites for hydroxylation is 1. The van der Waals surface area contributed by atoms with Gasteiger partial charge in [-0.25, -0.2) is 9.59 Å². The van der Waals surface area contributed by atoms with Gasteiger partial charge in [0.2, 0.25) is 0 Å². The Morgan fingerprint density at radius 3 is 2.59 bits per heavy atom. The number of thiophene rings is 1. The minimum Gasteiger partial charge on any atom is -0.493 e. The predicted octanol–water partition coefficient (Wildman–Crippen LogP) is 3.26. The van der Waals surface area contributed by atoms with Crippen LogP contribution in [0.25, 0.3) is 6.08 Å². The summed E-state index contributed by atoms with van der Waals surface area (Å²) in [7, 11) is 2.72. The summed E-state index contributed by atoms with van der Waals surface area (Å²) in [6, 6.07) is 6.77.